The number of fused-ring (bicyclic) bond motifs is 15. The minimum absolute atomic E-state index is 0.00366. The lowest BCUT2D eigenvalue weighted by Crippen LogP contribution is -2.29. The molecule has 5 heteroatoms. The molecule has 0 atom stereocenters. The smallest absolute Gasteiger partial charge is 0.0780 e. The Labute approximate surface area is 825 Å². The number of anilines is 3. The summed E-state index contributed by atoms with van der Waals surface area (Å²) in [6.45, 7) is 4.70. The van der Waals surface area contributed by atoms with Crippen molar-refractivity contribution in [3.63, 3.8) is 0 Å². The maximum Gasteiger partial charge on any atom is 0.0780 e. The Balaban J connectivity index is 0.0000000943. The molecule has 664 valence electrons. The van der Waals surface area contributed by atoms with E-state index in [0.29, 0.717) is 0 Å². The zero-order chi connectivity index (χ0) is 94.3. The van der Waals surface area contributed by atoms with Gasteiger partial charge in [-0.25, -0.2) is 0 Å². The maximum atomic E-state index is 4.87. The second-order valence-corrected chi connectivity index (χ2v) is 39.2. The average molecular weight is 1820 g/mol. The molecule has 2 aliphatic rings. The van der Waals surface area contributed by atoms with E-state index in [9.17, 15) is 0 Å². The third kappa shape index (κ3) is 12.5. The van der Waals surface area contributed by atoms with Crippen molar-refractivity contribution < 1.29 is 0 Å². The summed E-state index contributed by atoms with van der Waals surface area (Å²) < 4.78 is 0. The molecule has 0 radical (unpaired) electrons. The molecule has 0 N–H and O–H groups in total. The quantitative estimate of drug-likeness (QED) is 0.112. The van der Waals surface area contributed by atoms with Crippen molar-refractivity contribution in [1.29, 1.82) is 0 Å². The molecule has 0 unspecified atom stereocenters. The second-order valence-electron chi connectivity index (χ2n) is 39.2. The van der Waals surface area contributed by atoms with Gasteiger partial charge < -0.3 is 4.90 Å². The van der Waals surface area contributed by atoms with Crippen molar-refractivity contribution in [3.05, 3.63) is 525 Å². The zero-order valence-corrected chi connectivity index (χ0v) is 78.5. The van der Waals surface area contributed by atoms with E-state index in [2.05, 4.69) is 467 Å². The molecule has 26 aromatic carbocycles. The first kappa shape index (κ1) is 81.7. The average Bonchev–Trinajstić information content (AvgIpc) is 1.55. The highest BCUT2D eigenvalue weighted by atomic mass is 15.1. The number of para-hydroxylation sites is 2. The van der Waals surface area contributed by atoms with Gasteiger partial charge >= 0.3 is 0 Å². The molecule has 2 aliphatic carbocycles. The molecular formula is C138H87N5. The largest absolute Gasteiger partial charge is 0.311 e. The zero-order valence-electron chi connectivity index (χ0n) is 78.5. The normalized spacial score (nSPS) is 12.9. The van der Waals surface area contributed by atoms with Gasteiger partial charge in [0.05, 0.1) is 27.5 Å². The van der Waals surface area contributed by atoms with Crippen LogP contribution in [0.15, 0.2) is 492 Å². The molecule has 0 saturated carbocycles. The summed E-state index contributed by atoms with van der Waals surface area (Å²) in [5.74, 6) is 0. The Morgan fingerprint density at radius 1 is 0.168 bits per heavy atom. The fourth-order valence-electron chi connectivity index (χ4n) is 25.1. The highest BCUT2D eigenvalue weighted by Gasteiger charge is 2.47. The molecule has 0 saturated heterocycles. The van der Waals surface area contributed by atoms with E-state index in [4.69, 9.17) is 15.0 Å². The molecule has 143 heavy (non-hydrogen) atoms. The van der Waals surface area contributed by atoms with Gasteiger partial charge in [-0.2, -0.15) is 0 Å². The number of aromatic nitrogens is 4. The van der Waals surface area contributed by atoms with Crippen molar-refractivity contribution in [2.45, 2.75) is 24.7 Å². The third-order valence-electron chi connectivity index (χ3n) is 31.4. The molecule has 4 aromatic heterocycles. The molecule has 0 bridgehead atoms. The molecule has 0 amide bonds. The number of benzene rings is 26. The molecule has 32 rings (SSSR count). The summed E-state index contributed by atoms with van der Waals surface area (Å²) >= 11 is 0. The first-order valence-corrected chi connectivity index (χ1v) is 49.5. The van der Waals surface area contributed by atoms with Gasteiger partial charge in [0.25, 0.3) is 0 Å². The van der Waals surface area contributed by atoms with E-state index in [-0.39, 0.29) is 5.41 Å². The molecule has 30 aromatic rings. The van der Waals surface area contributed by atoms with Crippen LogP contribution in [0.2, 0.25) is 0 Å². The fourth-order valence-corrected chi connectivity index (χ4v) is 25.1. The minimum atomic E-state index is -0.543. The van der Waals surface area contributed by atoms with Gasteiger partial charge in [-0.05, 0) is 305 Å². The predicted molar refractivity (Wildman–Crippen MR) is 605 cm³/mol. The third-order valence-corrected chi connectivity index (χ3v) is 31.4. The van der Waals surface area contributed by atoms with Crippen LogP contribution in [-0.2, 0) is 10.8 Å². The molecule has 5 nitrogen and oxygen atoms in total. The Morgan fingerprint density at radius 3 is 0.923 bits per heavy atom. The van der Waals surface area contributed by atoms with Crippen LogP contribution in [0.1, 0.15) is 47.2 Å². The van der Waals surface area contributed by atoms with Crippen LogP contribution in [0.4, 0.5) is 17.1 Å². The van der Waals surface area contributed by atoms with Crippen LogP contribution >= 0.6 is 0 Å². The van der Waals surface area contributed by atoms with Gasteiger partial charge in [0.2, 0.25) is 0 Å². The van der Waals surface area contributed by atoms with Crippen LogP contribution in [0.3, 0.4) is 0 Å². The predicted octanol–water partition coefficient (Wildman–Crippen LogP) is 36.8. The van der Waals surface area contributed by atoms with Gasteiger partial charge in [-0.1, -0.05) is 384 Å². The monoisotopic (exact) mass is 1810 g/mol. The van der Waals surface area contributed by atoms with E-state index in [1.807, 2.05) is 49.1 Å². The number of nitrogens with zero attached hydrogens (tertiary/aromatic N) is 5. The Hall–Kier alpha value is -18.4. The first-order chi connectivity index (χ1) is 70.7. The van der Waals surface area contributed by atoms with Gasteiger partial charge in [-0.15, -0.1) is 0 Å². The van der Waals surface area contributed by atoms with Crippen LogP contribution < -0.4 is 4.90 Å². The summed E-state index contributed by atoms with van der Waals surface area (Å²) in [7, 11) is 0. The number of rotatable bonds is 8. The van der Waals surface area contributed by atoms with E-state index >= 15 is 0 Å². The lowest BCUT2D eigenvalue weighted by atomic mass is 9.66. The minimum Gasteiger partial charge on any atom is -0.311 e. The lowest BCUT2D eigenvalue weighted by molar-refractivity contribution is 0.660. The highest BCUT2D eigenvalue weighted by Crippen LogP contribution is 2.60. The topological polar surface area (TPSA) is 54.8 Å². The summed E-state index contributed by atoms with van der Waals surface area (Å²) in [6.07, 6.45) is 7.58. The van der Waals surface area contributed by atoms with Crippen LogP contribution in [-0.4, -0.2) is 19.9 Å². The van der Waals surface area contributed by atoms with E-state index in [1.54, 1.807) is 0 Å². The van der Waals surface area contributed by atoms with E-state index in [0.717, 1.165) is 39.1 Å². The summed E-state index contributed by atoms with van der Waals surface area (Å²) in [5, 5.41) is 38.2. The van der Waals surface area contributed by atoms with Crippen LogP contribution in [0.5, 0.6) is 0 Å². The van der Waals surface area contributed by atoms with Crippen LogP contribution in [0, 0.1) is 0 Å². The Morgan fingerprint density at radius 2 is 0.469 bits per heavy atom. The first-order valence-electron chi connectivity index (χ1n) is 49.5. The summed E-state index contributed by atoms with van der Waals surface area (Å²) in [4.78, 5) is 21.3. The molecule has 0 spiro atoms. The summed E-state index contributed by atoms with van der Waals surface area (Å²) in [5.41, 5.74) is 28.1. The van der Waals surface area contributed by atoms with Crippen molar-refractivity contribution in [2.75, 3.05) is 4.90 Å². The fraction of sp³-hybridized carbons (Fsp3) is 0.0290. The van der Waals surface area contributed by atoms with Crippen molar-refractivity contribution in [1.82, 2.24) is 19.9 Å². The summed E-state index contributed by atoms with van der Waals surface area (Å²) in [6, 6.07) is 171. The van der Waals surface area contributed by atoms with E-state index < -0.39 is 5.41 Å². The number of pyridine rings is 4. The SMILES string of the molecule is CC1(C)c2ccccc2-c2ccc(-c3ccc4ccc5cc6cccnc6c6ccc3c4c56)cc21.c1ccc(-c2ccc3ccc4cc5cccnc5c5ccc2c3c45)cc1.c1ccc(N(c2ccccc2)c2ccc(C3(c4ccc5ccc6cc7cccnc7c7ccc4c5c67)c4ccccc4-c4ccccc43)cc2)cc1.c1ccc2cc(-c3ccc4ccc5cc6cccnc6c6ccc3c4c56)ccc2c1. The second kappa shape index (κ2) is 32.1. The maximum absolute atomic E-state index is 4.87. The van der Waals surface area contributed by atoms with Crippen molar-refractivity contribution >= 4 is 201 Å². The Bertz CT molecular complexity index is 10300. The van der Waals surface area contributed by atoms with Gasteiger partial charge in [0.15, 0.2) is 0 Å². The number of hydrogen-bond acceptors (Lipinski definition) is 5. The van der Waals surface area contributed by atoms with Crippen LogP contribution in [0.25, 0.3) is 239 Å². The molecule has 0 aliphatic heterocycles. The van der Waals surface area contributed by atoms with Gasteiger partial charge in [0, 0.05) is 90.4 Å². The number of hydrogen-bond donors (Lipinski definition) is 0. The van der Waals surface area contributed by atoms with Crippen molar-refractivity contribution in [2.24, 2.45) is 0 Å². The van der Waals surface area contributed by atoms with Crippen molar-refractivity contribution in [3.8, 4) is 55.6 Å². The molecular weight excluding hydrogens is 1730 g/mol. The lowest BCUT2D eigenvalue weighted by Gasteiger charge is -2.36. The van der Waals surface area contributed by atoms with Gasteiger partial charge in [-0.3, -0.25) is 19.9 Å². The Kier molecular flexibility index (Phi) is 18.3. The molecule has 0 fully saturated rings. The van der Waals surface area contributed by atoms with Gasteiger partial charge in [0.1, 0.15) is 0 Å². The van der Waals surface area contributed by atoms with E-state index in [1.165, 1.54) is 251 Å². The highest BCUT2D eigenvalue weighted by molar-refractivity contribution is 6.34. The standard InChI is InChI=1S/C50H32N2.C34H23N.C29H17N.C25H15N/c1-3-13-37(14-4-1)52(38-15-5-2-6-16-38)39-26-24-36(25-27-39)50(44-19-9-7-17-40(44)41-18-8-10-20-45(41)50)46-30-23-33-21-22-34-32-35-12-11-31-51-49(35)43-29-28-42(46)47(33)48(34)43;1-34(2)29-8-4-3-7-25(29)26-14-12-21(19-30(26)34)24-13-11-20-9-10-22-18-23-6-5-17-35-33(23)28-16-15-27(24)31(20)32(22)28;1-2-5-20-16-21(9-7-18(20)4-1)24-12-11-19-8-10-22-17-23-6-3-15-30-29(23)26-14-13-25(24)27(19)28(22)26;1-2-5-16(6-3-1)20-11-10-17-8-9-18-15-19-7-4-14-26-25(19)22-13-12-21(20)23(17)24(18)22/h1-32H;3-19H,1-2H3;1-17H;1-15H. The molecule has 4 heterocycles.